The third kappa shape index (κ3) is 4.12. The van der Waals surface area contributed by atoms with Crippen molar-refractivity contribution in [3.63, 3.8) is 0 Å². The number of carbonyl (C=O) groups excluding carboxylic acids is 1. The van der Waals surface area contributed by atoms with Crippen molar-refractivity contribution in [2.75, 3.05) is 18.1 Å². The highest BCUT2D eigenvalue weighted by atomic mass is 35.5. The largest absolute Gasteiger partial charge is 0.490 e. The van der Waals surface area contributed by atoms with Crippen LogP contribution in [-0.2, 0) is 13.0 Å². The molecule has 0 radical (unpaired) electrons. The molecule has 154 valence electrons. The fourth-order valence-corrected chi connectivity index (χ4v) is 4.01. The van der Waals surface area contributed by atoms with Crippen molar-refractivity contribution < 1.29 is 9.53 Å². The summed E-state index contributed by atoms with van der Waals surface area (Å²) in [6.07, 6.45) is 1.85. The second-order valence-electron chi connectivity index (χ2n) is 7.37. The normalized spacial score (nSPS) is 13.1. The van der Waals surface area contributed by atoms with E-state index in [1.165, 1.54) is 21.8 Å². The van der Waals surface area contributed by atoms with E-state index in [0.29, 0.717) is 23.0 Å². The Kier molecular flexibility index (Phi) is 5.91. The van der Waals surface area contributed by atoms with Gasteiger partial charge in [0.25, 0.3) is 11.5 Å². The predicted molar refractivity (Wildman–Crippen MR) is 119 cm³/mol. The van der Waals surface area contributed by atoms with Crippen LogP contribution >= 0.6 is 11.6 Å². The zero-order chi connectivity index (χ0) is 21.1. The van der Waals surface area contributed by atoms with Gasteiger partial charge in [-0.2, -0.15) is 0 Å². The van der Waals surface area contributed by atoms with E-state index in [1.807, 2.05) is 24.3 Å². The van der Waals surface area contributed by atoms with E-state index in [4.69, 9.17) is 16.3 Å². The van der Waals surface area contributed by atoms with Gasteiger partial charge in [-0.3, -0.25) is 9.59 Å². The average molecular weight is 423 g/mol. The summed E-state index contributed by atoms with van der Waals surface area (Å²) in [5.41, 5.74) is 3.40. The molecule has 3 aromatic rings. The number of ether oxygens (including phenoxy) is 1. The molecule has 30 heavy (non-hydrogen) atoms. The summed E-state index contributed by atoms with van der Waals surface area (Å²) in [4.78, 5) is 27.7. The van der Waals surface area contributed by atoms with Crippen LogP contribution in [0.4, 0.5) is 5.69 Å². The molecule has 4 rings (SSSR count). The molecule has 0 bridgehead atoms. The van der Waals surface area contributed by atoms with Crippen LogP contribution in [0.15, 0.2) is 65.5 Å². The molecule has 1 aromatic heterocycles. The minimum atomic E-state index is -0.232. The SMILES string of the molecule is Cc1ccc2c(c1)CCCN2C(=O)c1cccc(=O)n1CCOc1ccccc1Cl. The van der Waals surface area contributed by atoms with Gasteiger partial charge in [-0.15, -0.1) is 0 Å². The maximum absolute atomic E-state index is 13.4. The number of pyridine rings is 1. The first-order chi connectivity index (χ1) is 14.5. The molecule has 0 atom stereocenters. The van der Waals surface area contributed by atoms with Crippen molar-refractivity contribution in [1.29, 1.82) is 0 Å². The lowest BCUT2D eigenvalue weighted by molar-refractivity contribution is 0.0973. The molecule has 2 aromatic carbocycles. The number of amides is 1. The van der Waals surface area contributed by atoms with Crippen molar-refractivity contribution >= 4 is 23.2 Å². The second-order valence-corrected chi connectivity index (χ2v) is 7.78. The summed E-state index contributed by atoms with van der Waals surface area (Å²) in [6.45, 7) is 3.16. The van der Waals surface area contributed by atoms with Crippen LogP contribution in [-0.4, -0.2) is 23.6 Å². The van der Waals surface area contributed by atoms with Gasteiger partial charge in [-0.25, -0.2) is 0 Å². The first-order valence-corrected chi connectivity index (χ1v) is 10.4. The fraction of sp³-hybridized carbons (Fsp3) is 0.250. The number of fused-ring (bicyclic) bond motifs is 1. The first kappa shape index (κ1) is 20.2. The zero-order valence-corrected chi connectivity index (χ0v) is 17.6. The highest BCUT2D eigenvalue weighted by molar-refractivity contribution is 6.32. The van der Waals surface area contributed by atoms with Gasteiger partial charge in [-0.05, 0) is 49.6 Å². The molecule has 0 saturated heterocycles. The lowest BCUT2D eigenvalue weighted by atomic mass is 9.99. The number of rotatable bonds is 5. The van der Waals surface area contributed by atoms with Gasteiger partial charge < -0.3 is 14.2 Å². The molecular formula is C24H23ClN2O3. The summed E-state index contributed by atoms with van der Waals surface area (Å²) in [7, 11) is 0. The van der Waals surface area contributed by atoms with E-state index in [2.05, 4.69) is 13.0 Å². The van der Waals surface area contributed by atoms with Gasteiger partial charge in [0.05, 0.1) is 11.6 Å². The molecule has 0 fully saturated rings. The number of benzene rings is 2. The molecule has 6 heteroatoms. The molecule has 1 aliphatic rings. The fourth-order valence-electron chi connectivity index (χ4n) is 3.82. The first-order valence-electron chi connectivity index (χ1n) is 10.0. The van der Waals surface area contributed by atoms with E-state index in [0.717, 1.165) is 18.5 Å². The molecule has 0 N–H and O–H groups in total. The Labute approximate surface area is 180 Å². The van der Waals surface area contributed by atoms with Crippen LogP contribution < -0.4 is 15.2 Å². The predicted octanol–water partition coefficient (Wildman–Crippen LogP) is 4.48. The minimum Gasteiger partial charge on any atom is -0.490 e. The Morgan fingerprint density at radius 3 is 2.77 bits per heavy atom. The zero-order valence-electron chi connectivity index (χ0n) is 16.8. The quantitative estimate of drug-likeness (QED) is 0.609. The minimum absolute atomic E-state index is 0.171. The summed E-state index contributed by atoms with van der Waals surface area (Å²) in [6, 6.07) is 18.1. The Hall–Kier alpha value is -3.05. The molecular weight excluding hydrogens is 400 g/mol. The Morgan fingerprint density at radius 2 is 1.93 bits per heavy atom. The smallest absolute Gasteiger partial charge is 0.275 e. The standard InChI is InChI=1S/C24H23ClN2O3/c1-17-11-12-20-18(16-17)6-5-13-27(20)24(29)21-8-4-10-23(28)26(21)14-15-30-22-9-3-2-7-19(22)25/h2-4,7-12,16H,5-6,13-15H2,1H3. The topological polar surface area (TPSA) is 51.5 Å². The van der Waals surface area contributed by atoms with Gasteiger partial charge in [0.15, 0.2) is 0 Å². The highest BCUT2D eigenvalue weighted by Crippen LogP contribution is 2.29. The molecule has 5 nitrogen and oxygen atoms in total. The van der Waals surface area contributed by atoms with E-state index in [-0.39, 0.29) is 24.6 Å². The molecule has 1 aliphatic heterocycles. The van der Waals surface area contributed by atoms with Gasteiger partial charge in [-0.1, -0.05) is 47.5 Å². The van der Waals surface area contributed by atoms with Crippen molar-refractivity contribution in [3.8, 4) is 5.75 Å². The number of hydrogen-bond donors (Lipinski definition) is 0. The maximum atomic E-state index is 13.4. The Balaban J connectivity index is 1.58. The summed E-state index contributed by atoms with van der Waals surface area (Å²) >= 11 is 6.13. The lowest BCUT2D eigenvalue weighted by Crippen LogP contribution is -2.39. The van der Waals surface area contributed by atoms with Crippen LogP contribution in [0.2, 0.25) is 5.02 Å². The second kappa shape index (κ2) is 8.76. The number of anilines is 1. The Morgan fingerprint density at radius 1 is 1.10 bits per heavy atom. The number of para-hydroxylation sites is 1. The van der Waals surface area contributed by atoms with Crippen LogP contribution in [0.1, 0.15) is 28.0 Å². The summed E-state index contributed by atoms with van der Waals surface area (Å²) in [5, 5.41) is 0.509. The number of hydrogen-bond acceptors (Lipinski definition) is 3. The number of aryl methyl sites for hydroxylation is 2. The van der Waals surface area contributed by atoms with Gasteiger partial charge in [0.1, 0.15) is 18.1 Å². The van der Waals surface area contributed by atoms with Crippen LogP contribution in [0.25, 0.3) is 0 Å². The summed E-state index contributed by atoms with van der Waals surface area (Å²) in [5.74, 6) is 0.381. The Bertz CT molecular complexity index is 1140. The van der Waals surface area contributed by atoms with E-state index < -0.39 is 0 Å². The lowest BCUT2D eigenvalue weighted by Gasteiger charge is -2.30. The van der Waals surface area contributed by atoms with E-state index >= 15 is 0 Å². The summed E-state index contributed by atoms with van der Waals surface area (Å²) < 4.78 is 7.20. The maximum Gasteiger partial charge on any atom is 0.275 e. The molecule has 1 amide bonds. The van der Waals surface area contributed by atoms with Crippen LogP contribution in [0.3, 0.4) is 0 Å². The number of halogens is 1. The average Bonchev–Trinajstić information content (AvgIpc) is 2.75. The molecule has 0 saturated carbocycles. The third-order valence-corrected chi connectivity index (χ3v) is 5.59. The number of nitrogens with zero attached hydrogens (tertiary/aromatic N) is 2. The van der Waals surface area contributed by atoms with Crippen molar-refractivity contribution in [1.82, 2.24) is 4.57 Å². The van der Waals surface area contributed by atoms with Crippen molar-refractivity contribution in [2.24, 2.45) is 0 Å². The van der Waals surface area contributed by atoms with Crippen molar-refractivity contribution in [2.45, 2.75) is 26.3 Å². The molecule has 2 heterocycles. The van der Waals surface area contributed by atoms with Crippen molar-refractivity contribution in [3.05, 3.63) is 92.9 Å². The van der Waals surface area contributed by atoms with E-state index in [9.17, 15) is 9.59 Å². The monoisotopic (exact) mass is 422 g/mol. The van der Waals surface area contributed by atoms with Gasteiger partial charge in [0.2, 0.25) is 0 Å². The number of aromatic nitrogens is 1. The van der Waals surface area contributed by atoms with Crippen LogP contribution in [0, 0.1) is 6.92 Å². The van der Waals surface area contributed by atoms with Gasteiger partial charge in [0, 0.05) is 18.3 Å². The molecule has 0 spiro atoms. The molecule has 0 aliphatic carbocycles. The van der Waals surface area contributed by atoms with Crippen LogP contribution in [0.5, 0.6) is 5.75 Å². The highest BCUT2D eigenvalue weighted by Gasteiger charge is 2.25. The van der Waals surface area contributed by atoms with E-state index in [1.54, 1.807) is 29.2 Å². The number of carbonyl (C=O) groups is 1. The third-order valence-electron chi connectivity index (χ3n) is 5.28. The molecule has 0 unspecified atom stereocenters. The van der Waals surface area contributed by atoms with Gasteiger partial charge >= 0.3 is 0 Å².